The zero-order valence-corrected chi connectivity index (χ0v) is 18.4. The summed E-state index contributed by atoms with van der Waals surface area (Å²) in [6, 6.07) is 21.8. The number of rotatable bonds is 7. The maximum absolute atomic E-state index is 12.9. The summed E-state index contributed by atoms with van der Waals surface area (Å²) in [4.78, 5) is 29.9. The maximum Gasteiger partial charge on any atom is 0.326 e. The number of nitrogens with zero attached hydrogens (tertiary/aromatic N) is 3. The van der Waals surface area contributed by atoms with Gasteiger partial charge in [-0.25, -0.2) is 0 Å². The first-order valence-corrected chi connectivity index (χ1v) is 10.9. The minimum Gasteiger partial charge on any atom is -0.493 e. The fraction of sp³-hybridized carbons (Fsp3) is 0.154. The van der Waals surface area contributed by atoms with E-state index in [1.807, 2.05) is 55.5 Å². The van der Waals surface area contributed by atoms with Crippen molar-refractivity contribution in [1.29, 1.82) is 0 Å². The van der Waals surface area contributed by atoms with Crippen LogP contribution in [0.5, 0.6) is 5.75 Å². The first-order chi connectivity index (χ1) is 16.7. The minimum absolute atomic E-state index is 0.0680. The van der Waals surface area contributed by atoms with Crippen LogP contribution in [0, 0.1) is 0 Å². The number of carbonyl (C=O) groups excluding carboxylic acids is 1. The number of ether oxygens (including phenoxy) is 2. The van der Waals surface area contributed by atoms with E-state index in [0.29, 0.717) is 45.6 Å². The van der Waals surface area contributed by atoms with E-state index in [4.69, 9.17) is 14.0 Å². The Hall–Kier alpha value is -4.46. The fourth-order valence-corrected chi connectivity index (χ4v) is 3.92. The van der Waals surface area contributed by atoms with Crippen molar-refractivity contribution in [2.75, 3.05) is 6.61 Å². The van der Waals surface area contributed by atoms with Gasteiger partial charge in [-0.15, -0.1) is 0 Å². The minimum atomic E-state index is -0.492. The van der Waals surface area contributed by atoms with E-state index in [2.05, 4.69) is 10.1 Å². The second-order valence-electron chi connectivity index (χ2n) is 7.55. The second-order valence-corrected chi connectivity index (χ2v) is 7.55. The molecule has 0 unspecified atom stereocenters. The van der Waals surface area contributed by atoms with Crippen LogP contribution in [0.3, 0.4) is 0 Å². The highest BCUT2D eigenvalue weighted by atomic mass is 16.6. The number of carbonyl (C=O) groups is 1. The maximum atomic E-state index is 12.9. The lowest BCUT2D eigenvalue weighted by molar-refractivity contribution is -0.146. The van der Waals surface area contributed by atoms with Gasteiger partial charge >= 0.3 is 5.97 Å². The summed E-state index contributed by atoms with van der Waals surface area (Å²) in [6.07, 6.45) is 0. The highest BCUT2D eigenvalue weighted by Gasteiger charge is 2.16. The zero-order valence-electron chi connectivity index (χ0n) is 18.4. The second kappa shape index (κ2) is 9.19. The number of fused-ring (bicyclic) bond motifs is 2. The average Bonchev–Trinajstić information content (AvgIpc) is 3.35. The number of esters is 1. The van der Waals surface area contributed by atoms with Gasteiger partial charge in [0.05, 0.1) is 23.2 Å². The van der Waals surface area contributed by atoms with Gasteiger partial charge in [0, 0.05) is 10.8 Å². The molecule has 2 aromatic heterocycles. The van der Waals surface area contributed by atoms with Crippen molar-refractivity contribution in [3.05, 3.63) is 88.9 Å². The smallest absolute Gasteiger partial charge is 0.326 e. The third kappa shape index (κ3) is 4.01. The van der Waals surface area contributed by atoms with Crippen LogP contribution in [0.2, 0.25) is 0 Å². The predicted molar refractivity (Wildman–Crippen MR) is 126 cm³/mol. The van der Waals surface area contributed by atoms with Crippen molar-refractivity contribution in [2.45, 2.75) is 20.1 Å². The molecule has 0 amide bonds. The molecule has 0 fully saturated rings. The van der Waals surface area contributed by atoms with Crippen LogP contribution < -0.4 is 10.2 Å². The molecule has 0 aliphatic carbocycles. The fourth-order valence-electron chi connectivity index (χ4n) is 3.92. The van der Waals surface area contributed by atoms with E-state index in [1.165, 1.54) is 0 Å². The standard InChI is InChI=1S/C26H21N3O5/c1-2-32-22-14-8-5-11-19(22)26-27-23(34-28-26)16-33-24(30)15-29-20-12-6-3-9-17(20)25(31)18-10-4-7-13-21(18)29/h3-14H,2,15-16H2,1H3. The topological polar surface area (TPSA) is 96.5 Å². The quantitative estimate of drug-likeness (QED) is 0.266. The molecule has 0 spiro atoms. The number of aromatic nitrogens is 3. The molecule has 0 saturated heterocycles. The summed E-state index contributed by atoms with van der Waals surface area (Å²) in [5.41, 5.74) is 1.95. The Labute approximate surface area is 194 Å². The van der Waals surface area contributed by atoms with Crippen molar-refractivity contribution < 1.29 is 18.8 Å². The molecule has 0 atom stereocenters. The molecular formula is C26H21N3O5. The van der Waals surface area contributed by atoms with Gasteiger partial charge in [-0.2, -0.15) is 4.98 Å². The van der Waals surface area contributed by atoms with Crippen LogP contribution in [0.25, 0.3) is 33.2 Å². The third-order valence-electron chi connectivity index (χ3n) is 5.42. The molecule has 0 aliphatic rings. The van der Waals surface area contributed by atoms with Gasteiger partial charge in [0.15, 0.2) is 12.0 Å². The molecule has 8 nitrogen and oxygen atoms in total. The van der Waals surface area contributed by atoms with Crippen molar-refractivity contribution in [2.24, 2.45) is 0 Å². The van der Waals surface area contributed by atoms with Crippen LogP contribution in [0.1, 0.15) is 12.8 Å². The van der Waals surface area contributed by atoms with Crippen molar-refractivity contribution in [1.82, 2.24) is 14.7 Å². The molecule has 0 radical (unpaired) electrons. The molecule has 0 saturated carbocycles. The molecule has 5 aromatic rings. The van der Waals surface area contributed by atoms with Crippen LogP contribution in [-0.2, 0) is 22.7 Å². The van der Waals surface area contributed by atoms with Gasteiger partial charge in [0.25, 0.3) is 5.89 Å². The van der Waals surface area contributed by atoms with Gasteiger partial charge < -0.3 is 18.6 Å². The third-order valence-corrected chi connectivity index (χ3v) is 5.42. The number of para-hydroxylation sites is 3. The van der Waals surface area contributed by atoms with Gasteiger partial charge in [0.2, 0.25) is 5.82 Å². The van der Waals surface area contributed by atoms with E-state index in [0.717, 1.165) is 0 Å². The van der Waals surface area contributed by atoms with Crippen LogP contribution in [-0.4, -0.2) is 27.3 Å². The predicted octanol–water partition coefficient (Wildman–Crippen LogP) is 4.35. The molecule has 8 heteroatoms. The van der Waals surface area contributed by atoms with E-state index in [1.54, 1.807) is 28.8 Å². The zero-order chi connectivity index (χ0) is 23.5. The summed E-state index contributed by atoms with van der Waals surface area (Å²) in [7, 11) is 0. The van der Waals surface area contributed by atoms with Gasteiger partial charge in [-0.05, 0) is 43.3 Å². The van der Waals surface area contributed by atoms with Crippen molar-refractivity contribution >= 4 is 27.8 Å². The normalized spacial score (nSPS) is 11.1. The first-order valence-electron chi connectivity index (χ1n) is 10.9. The van der Waals surface area contributed by atoms with Gasteiger partial charge in [-0.3, -0.25) is 9.59 Å². The van der Waals surface area contributed by atoms with Crippen molar-refractivity contribution in [3.63, 3.8) is 0 Å². The average molecular weight is 455 g/mol. The molecule has 0 aliphatic heterocycles. The Balaban J connectivity index is 1.36. The Morgan fingerprint density at radius 2 is 1.59 bits per heavy atom. The monoisotopic (exact) mass is 455 g/mol. The molecule has 3 aromatic carbocycles. The Kier molecular flexibility index (Phi) is 5.78. The van der Waals surface area contributed by atoms with E-state index in [9.17, 15) is 9.59 Å². The SMILES string of the molecule is CCOc1ccccc1-c1noc(COC(=O)Cn2c3ccccc3c(=O)c3ccccc32)n1. The molecule has 170 valence electrons. The first kappa shape index (κ1) is 21.4. The van der Waals surface area contributed by atoms with Crippen LogP contribution in [0.4, 0.5) is 0 Å². The van der Waals surface area contributed by atoms with Gasteiger partial charge in [-0.1, -0.05) is 41.6 Å². The lowest BCUT2D eigenvalue weighted by Crippen LogP contribution is -2.18. The molecule has 0 N–H and O–H groups in total. The Bertz CT molecular complexity index is 1490. The number of benzene rings is 3. The lowest BCUT2D eigenvalue weighted by Gasteiger charge is -2.14. The summed E-state index contributed by atoms with van der Waals surface area (Å²) < 4.78 is 18.1. The summed E-state index contributed by atoms with van der Waals surface area (Å²) >= 11 is 0. The highest BCUT2D eigenvalue weighted by molar-refractivity contribution is 5.94. The summed E-state index contributed by atoms with van der Waals surface area (Å²) in [5.74, 6) is 0.677. The van der Waals surface area contributed by atoms with E-state index in [-0.39, 0.29) is 24.5 Å². The Morgan fingerprint density at radius 1 is 0.941 bits per heavy atom. The van der Waals surface area contributed by atoms with Gasteiger partial charge in [0.1, 0.15) is 12.3 Å². The van der Waals surface area contributed by atoms with E-state index < -0.39 is 5.97 Å². The molecular weight excluding hydrogens is 434 g/mol. The molecule has 2 heterocycles. The lowest BCUT2D eigenvalue weighted by atomic mass is 10.1. The van der Waals surface area contributed by atoms with E-state index >= 15 is 0 Å². The summed E-state index contributed by atoms with van der Waals surface area (Å²) in [6.45, 7) is 2.16. The summed E-state index contributed by atoms with van der Waals surface area (Å²) in [5, 5.41) is 5.08. The number of pyridine rings is 1. The molecule has 0 bridgehead atoms. The number of hydrogen-bond donors (Lipinski definition) is 0. The molecule has 5 rings (SSSR count). The largest absolute Gasteiger partial charge is 0.493 e. The Morgan fingerprint density at radius 3 is 2.29 bits per heavy atom. The highest BCUT2D eigenvalue weighted by Crippen LogP contribution is 2.27. The van der Waals surface area contributed by atoms with Crippen LogP contribution >= 0.6 is 0 Å². The molecule has 34 heavy (non-hydrogen) atoms. The van der Waals surface area contributed by atoms with Crippen molar-refractivity contribution in [3.8, 4) is 17.1 Å². The van der Waals surface area contributed by atoms with Crippen LogP contribution in [0.15, 0.2) is 82.1 Å². The number of hydrogen-bond acceptors (Lipinski definition) is 7.